The van der Waals surface area contributed by atoms with Crippen molar-refractivity contribution in [3.63, 3.8) is 0 Å². The molecule has 5 rings (SSSR count). The zero-order chi connectivity index (χ0) is 25.6. The molecule has 0 saturated heterocycles. The second-order valence-corrected chi connectivity index (χ2v) is 8.43. The van der Waals surface area contributed by atoms with Gasteiger partial charge < -0.3 is 14.8 Å². The van der Waals surface area contributed by atoms with E-state index in [1.54, 1.807) is 16.9 Å². The molecule has 1 aliphatic rings. The Bertz CT molecular complexity index is 1510. The van der Waals surface area contributed by atoms with Gasteiger partial charge in [0.25, 0.3) is 5.91 Å². The molecule has 0 unspecified atom stereocenters. The van der Waals surface area contributed by atoms with Crippen LogP contribution in [-0.2, 0) is 11.3 Å². The number of nitriles is 1. The van der Waals surface area contributed by atoms with Gasteiger partial charge in [0, 0.05) is 23.7 Å². The maximum atomic E-state index is 14.1. The number of benzene rings is 3. The molecule has 1 N–H and O–H groups in total. The molecular formula is C29H23FN4O3. The molecule has 0 fully saturated rings. The molecule has 0 radical (unpaired) electrons. The minimum Gasteiger partial charge on any atom is -0.490 e. The predicted octanol–water partition coefficient (Wildman–Crippen LogP) is 5.44. The summed E-state index contributed by atoms with van der Waals surface area (Å²) < 4.78 is 27.4. The standard InChI is InChI=1S/C29H23FN4O3/c30-24-9-4-5-10-25(24)32-29(35)22(17-31)15-23-19-34(18-20-7-2-1-3-8-20)33-28(23)21-11-12-26-27(16-21)37-14-6-13-36-26/h1-5,7-12,15-16,19H,6,13-14,18H2,(H,32,35)/b22-15+. The van der Waals surface area contributed by atoms with E-state index in [0.717, 1.165) is 17.5 Å². The SMILES string of the molecule is N#C/C(=C\c1cn(Cc2ccccc2)nc1-c1ccc2c(c1)OCCCO2)C(=O)Nc1ccccc1F. The fraction of sp³-hybridized carbons (Fsp3) is 0.138. The van der Waals surface area contributed by atoms with Crippen LogP contribution in [0.2, 0.25) is 0 Å². The van der Waals surface area contributed by atoms with Crippen LogP contribution in [-0.4, -0.2) is 28.9 Å². The third kappa shape index (κ3) is 5.52. The number of carbonyl (C=O) groups is 1. The Labute approximate surface area is 213 Å². The number of hydrogen-bond acceptors (Lipinski definition) is 5. The normalized spacial score (nSPS) is 12.9. The van der Waals surface area contributed by atoms with Crippen molar-refractivity contribution in [2.45, 2.75) is 13.0 Å². The number of fused-ring (bicyclic) bond motifs is 1. The number of nitrogens with zero attached hydrogens (tertiary/aromatic N) is 3. The number of aromatic nitrogens is 2. The smallest absolute Gasteiger partial charge is 0.266 e. The fourth-order valence-electron chi connectivity index (χ4n) is 3.99. The summed E-state index contributed by atoms with van der Waals surface area (Å²) >= 11 is 0. The summed E-state index contributed by atoms with van der Waals surface area (Å²) in [5.74, 6) is -0.0332. The first-order valence-electron chi connectivity index (χ1n) is 11.8. The van der Waals surface area contributed by atoms with Gasteiger partial charge in [0.15, 0.2) is 11.5 Å². The van der Waals surface area contributed by atoms with Crippen molar-refractivity contribution in [2.24, 2.45) is 0 Å². The molecule has 0 atom stereocenters. The molecule has 184 valence electrons. The lowest BCUT2D eigenvalue weighted by molar-refractivity contribution is -0.112. The number of halogens is 1. The zero-order valence-corrected chi connectivity index (χ0v) is 19.9. The van der Waals surface area contributed by atoms with E-state index in [1.165, 1.54) is 24.3 Å². The maximum absolute atomic E-state index is 14.1. The molecule has 7 nitrogen and oxygen atoms in total. The second kappa shape index (κ2) is 10.8. The van der Waals surface area contributed by atoms with Crippen LogP contribution in [0.4, 0.5) is 10.1 Å². The van der Waals surface area contributed by atoms with E-state index in [2.05, 4.69) is 5.32 Å². The summed E-state index contributed by atoms with van der Waals surface area (Å²) in [6.45, 7) is 1.62. The molecule has 2 heterocycles. The molecule has 0 aliphatic carbocycles. The number of carbonyl (C=O) groups excluding carboxylic acids is 1. The number of rotatable bonds is 6. The van der Waals surface area contributed by atoms with E-state index in [-0.39, 0.29) is 11.3 Å². The summed E-state index contributed by atoms with van der Waals surface area (Å²) in [5.41, 5.74) is 2.73. The highest BCUT2D eigenvalue weighted by Gasteiger charge is 2.18. The largest absolute Gasteiger partial charge is 0.490 e. The van der Waals surface area contributed by atoms with E-state index >= 15 is 0 Å². The van der Waals surface area contributed by atoms with Crippen LogP contribution >= 0.6 is 0 Å². The van der Waals surface area contributed by atoms with Crippen molar-refractivity contribution >= 4 is 17.7 Å². The van der Waals surface area contributed by atoms with E-state index < -0.39 is 11.7 Å². The molecule has 1 aromatic heterocycles. The maximum Gasteiger partial charge on any atom is 0.266 e. The van der Waals surface area contributed by atoms with Crippen molar-refractivity contribution in [1.29, 1.82) is 5.26 Å². The molecule has 1 amide bonds. The minimum atomic E-state index is -0.715. The first-order valence-corrected chi connectivity index (χ1v) is 11.8. The third-order valence-corrected chi connectivity index (χ3v) is 5.79. The van der Waals surface area contributed by atoms with E-state index in [1.807, 2.05) is 54.6 Å². The quantitative estimate of drug-likeness (QED) is 0.285. The van der Waals surface area contributed by atoms with Crippen LogP contribution in [0.15, 0.2) is 84.6 Å². The first-order chi connectivity index (χ1) is 18.1. The topological polar surface area (TPSA) is 89.2 Å². The van der Waals surface area contributed by atoms with Gasteiger partial charge in [0.05, 0.1) is 31.1 Å². The van der Waals surface area contributed by atoms with Gasteiger partial charge in [0.2, 0.25) is 0 Å². The Balaban J connectivity index is 1.53. The van der Waals surface area contributed by atoms with Gasteiger partial charge >= 0.3 is 0 Å². The van der Waals surface area contributed by atoms with Gasteiger partial charge in [0.1, 0.15) is 17.5 Å². The van der Waals surface area contributed by atoms with Crippen LogP contribution in [0, 0.1) is 17.1 Å². The predicted molar refractivity (Wildman–Crippen MR) is 137 cm³/mol. The van der Waals surface area contributed by atoms with Crippen LogP contribution in [0.1, 0.15) is 17.5 Å². The number of anilines is 1. The van der Waals surface area contributed by atoms with Crippen LogP contribution in [0.3, 0.4) is 0 Å². The summed E-state index contributed by atoms with van der Waals surface area (Å²) in [6, 6.07) is 23.1. The number of hydrogen-bond donors (Lipinski definition) is 1. The Hall–Kier alpha value is -4.90. The fourth-order valence-corrected chi connectivity index (χ4v) is 3.99. The summed E-state index contributed by atoms with van der Waals surface area (Å²) in [5, 5.41) is 17.0. The highest BCUT2D eigenvalue weighted by atomic mass is 19.1. The van der Waals surface area contributed by atoms with Crippen molar-refractivity contribution in [3.8, 4) is 28.8 Å². The summed E-state index contributed by atoms with van der Waals surface area (Å²) in [7, 11) is 0. The lowest BCUT2D eigenvalue weighted by atomic mass is 10.0. The molecule has 0 saturated carbocycles. The molecule has 4 aromatic rings. The van der Waals surface area contributed by atoms with Gasteiger partial charge in [-0.05, 0) is 42.0 Å². The average molecular weight is 495 g/mol. The van der Waals surface area contributed by atoms with Gasteiger partial charge in [-0.15, -0.1) is 0 Å². The first kappa shape index (κ1) is 23.8. The van der Waals surface area contributed by atoms with Crippen molar-refractivity contribution in [3.05, 3.63) is 102 Å². The van der Waals surface area contributed by atoms with Crippen LogP contribution < -0.4 is 14.8 Å². The zero-order valence-electron chi connectivity index (χ0n) is 19.9. The number of ether oxygens (including phenoxy) is 2. The highest BCUT2D eigenvalue weighted by Crippen LogP contribution is 2.35. The molecule has 8 heteroatoms. The van der Waals surface area contributed by atoms with E-state index in [9.17, 15) is 14.4 Å². The summed E-state index contributed by atoms with van der Waals surface area (Å²) in [6.07, 6.45) is 4.02. The lowest BCUT2D eigenvalue weighted by Gasteiger charge is -2.09. The van der Waals surface area contributed by atoms with Crippen LogP contribution in [0.25, 0.3) is 17.3 Å². The van der Waals surface area contributed by atoms with E-state index in [0.29, 0.717) is 42.5 Å². The average Bonchev–Trinajstić information content (AvgIpc) is 3.15. The molecule has 1 aliphatic heterocycles. The molecule has 3 aromatic carbocycles. The van der Waals surface area contributed by atoms with Crippen molar-refractivity contribution in [2.75, 3.05) is 18.5 Å². The van der Waals surface area contributed by atoms with Crippen molar-refractivity contribution in [1.82, 2.24) is 9.78 Å². The monoisotopic (exact) mass is 494 g/mol. The van der Waals surface area contributed by atoms with Gasteiger partial charge in [-0.1, -0.05) is 42.5 Å². The van der Waals surface area contributed by atoms with E-state index in [4.69, 9.17) is 14.6 Å². The van der Waals surface area contributed by atoms with Crippen molar-refractivity contribution < 1.29 is 18.7 Å². The molecule has 0 spiro atoms. The van der Waals surface area contributed by atoms with Crippen LogP contribution in [0.5, 0.6) is 11.5 Å². The number of nitrogens with one attached hydrogen (secondary N) is 1. The molecular weight excluding hydrogens is 471 g/mol. The molecule has 37 heavy (non-hydrogen) atoms. The Morgan fingerprint density at radius 3 is 2.59 bits per heavy atom. The summed E-state index contributed by atoms with van der Waals surface area (Å²) in [4.78, 5) is 12.8. The highest BCUT2D eigenvalue weighted by molar-refractivity contribution is 6.10. The number of amides is 1. The van der Waals surface area contributed by atoms with Gasteiger partial charge in [-0.3, -0.25) is 9.48 Å². The minimum absolute atomic E-state index is 0.00320. The second-order valence-electron chi connectivity index (χ2n) is 8.43. The number of para-hydroxylation sites is 1. The Kier molecular flexibility index (Phi) is 6.95. The van der Waals surface area contributed by atoms with Gasteiger partial charge in [-0.2, -0.15) is 10.4 Å². The third-order valence-electron chi connectivity index (χ3n) is 5.79. The Morgan fingerprint density at radius 2 is 1.81 bits per heavy atom. The lowest BCUT2D eigenvalue weighted by Crippen LogP contribution is -2.14. The van der Waals surface area contributed by atoms with Gasteiger partial charge in [-0.25, -0.2) is 4.39 Å². The Morgan fingerprint density at radius 1 is 1.05 bits per heavy atom. The molecule has 0 bridgehead atoms.